The summed E-state index contributed by atoms with van der Waals surface area (Å²) in [6.07, 6.45) is 4.39. The molecule has 0 atom stereocenters. The summed E-state index contributed by atoms with van der Waals surface area (Å²) in [5, 5.41) is 5.69. The Bertz CT molecular complexity index is 1510. The van der Waals surface area contributed by atoms with E-state index in [4.69, 9.17) is 9.47 Å². The second-order valence-electron chi connectivity index (χ2n) is 10.2. The highest BCUT2D eigenvalue weighted by Crippen LogP contribution is 2.32. The van der Waals surface area contributed by atoms with Crippen molar-refractivity contribution in [2.75, 3.05) is 59.9 Å². The van der Waals surface area contributed by atoms with E-state index in [1.165, 1.54) is 42.1 Å². The maximum atomic E-state index is 15.0. The molecule has 2 aromatic carbocycles. The lowest BCUT2D eigenvalue weighted by Crippen LogP contribution is -2.38. The Morgan fingerprint density at radius 1 is 1.07 bits per heavy atom. The van der Waals surface area contributed by atoms with Crippen LogP contribution in [0.3, 0.4) is 0 Å². The number of fused-ring (bicyclic) bond motifs is 1. The fraction of sp³-hybridized carbons (Fsp3) is 0.321. The Balaban J connectivity index is 1.49. The predicted molar refractivity (Wildman–Crippen MR) is 145 cm³/mol. The van der Waals surface area contributed by atoms with E-state index < -0.39 is 23.4 Å². The van der Waals surface area contributed by atoms with Gasteiger partial charge in [-0.05, 0) is 36.8 Å². The van der Waals surface area contributed by atoms with Crippen LogP contribution in [0.2, 0.25) is 0 Å². The van der Waals surface area contributed by atoms with Crippen molar-refractivity contribution in [1.82, 2.24) is 19.7 Å². The second kappa shape index (κ2) is 11.9. The Morgan fingerprint density at radius 2 is 1.85 bits per heavy atom. The van der Waals surface area contributed by atoms with E-state index in [0.29, 0.717) is 30.1 Å². The van der Waals surface area contributed by atoms with Crippen LogP contribution in [0.15, 0.2) is 42.9 Å². The number of ether oxygens (including phenoxy) is 2. The molecular formula is C28H32F3N6O3+. The predicted octanol–water partition coefficient (Wildman–Crippen LogP) is 4.33. The van der Waals surface area contributed by atoms with Gasteiger partial charge in [0.25, 0.3) is 5.91 Å². The summed E-state index contributed by atoms with van der Waals surface area (Å²) in [6.45, 7) is 3.58. The first-order chi connectivity index (χ1) is 19.0. The minimum absolute atomic E-state index is 0.0148. The number of methoxy groups -OCH3 is 1. The molecule has 4 aromatic rings. The summed E-state index contributed by atoms with van der Waals surface area (Å²) in [5.41, 5.74) is 1.26. The Kier molecular flexibility index (Phi) is 8.60. The number of carbonyl (C=O) groups is 1. The van der Waals surface area contributed by atoms with E-state index in [9.17, 15) is 13.6 Å². The summed E-state index contributed by atoms with van der Waals surface area (Å²) in [7, 11) is 7.43. The first-order valence-corrected chi connectivity index (χ1v) is 12.6. The van der Waals surface area contributed by atoms with Gasteiger partial charge in [0.15, 0.2) is 23.0 Å². The third-order valence-electron chi connectivity index (χ3n) is 6.19. The minimum atomic E-state index is -1.11. The Hall–Kier alpha value is -4.16. The number of halogens is 3. The second-order valence-corrected chi connectivity index (χ2v) is 10.2. The van der Waals surface area contributed by atoms with Crippen LogP contribution in [0, 0.1) is 24.4 Å². The number of aromatic nitrogens is 3. The van der Waals surface area contributed by atoms with Crippen LogP contribution >= 0.6 is 0 Å². The number of rotatable bonds is 11. The summed E-state index contributed by atoms with van der Waals surface area (Å²) in [4.78, 5) is 21.2. The number of anilines is 2. The van der Waals surface area contributed by atoms with Crippen molar-refractivity contribution in [3.05, 3.63) is 71.4 Å². The maximum Gasteiger partial charge on any atom is 0.254 e. The summed E-state index contributed by atoms with van der Waals surface area (Å²) in [5.74, 6) is -3.39. The van der Waals surface area contributed by atoms with Crippen LogP contribution in [-0.2, 0) is 4.74 Å². The molecule has 0 fully saturated rings. The molecule has 0 aliphatic heterocycles. The largest absolute Gasteiger partial charge is 0.494 e. The van der Waals surface area contributed by atoms with Gasteiger partial charge in [-0.2, -0.15) is 4.39 Å². The van der Waals surface area contributed by atoms with Crippen molar-refractivity contribution < 1.29 is 31.9 Å². The topological polar surface area (TPSA) is 89.8 Å². The van der Waals surface area contributed by atoms with E-state index >= 15 is 4.39 Å². The fourth-order valence-electron chi connectivity index (χ4n) is 4.10. The van der Waals surface area contributed by atoms with Crippen molar-refractivity contribution >= 4 is 23.1 Å². The molecular weight excluding hydrogens is 525 g/mol. The normalized spacial score (nSPS) is 11.6. The number of likely N-dealkylation sites (N-methyl/N-ethyl adjacent to an activating group) is 1. The number of hydrogen-bond donors (Lipinski definition) is 2. The highest BCUT2D eigenvalue weighted by atomic mass is 19.2. The molecule has 40 heavy (non-hydrogen) atoms. The van der Waals surface area contributed by atoms with Crippen molar-refractivity contribution in [1.29, 1.82) is 0 Å². The molecule has 0 saturated carbocycles. The van der Waals surface area contributed by atoms with Crippen molar-refractivity contribution in [3.8, 4) is 17.0 Å². The van der Waals surface area contributed by atoms with Crippen LogP contribution < -0.4 is 15.4 Å². The molecule has 2 aromatic heterocycles. The molecule has 212 valence electrons. The third kappa shape index (κ3) is 6.35. The monoisotopic (exact) mass is 557 g/mol. The maximum absolute atomic E-state index is 15.0. The highest BCUT2D eigenvalue weighted by Gasteiger charge is 2.20. The smallest absolute Gasteiger partial charge is 0.254 e. The average molecular weight is 558 g/mol. The molecule has 0 spiro atoms. The SMILES string of the molecule is COc1ccc(-c2cnc3c(Nc4cc(C)c(C(=O)NCCOCC[N+](C)(C)C)c(F)c4)nccn23)c(F)c1F. The number of benzene rings is 2. The van der Waals surface area contributed by atoms with E-state index in [1.807, 2.05) is 0 Å². The molecule has 0 aliphatic rings. The molecule has 0 bridgehead atoms. The van der Waals surface area contributed by atoms with Gasteiger partial charge < -0.3 is 24.6 Å². The van der Waals surface area contributed by atoms with Gasteiger partial charge >= 0.3 is 0 Å². The average Bonchev–Trinajstić information content (AvgIpc) is 3.31. The van der Waals surface area contributed by atoms with Gasteiger partial charge in [0.05, 0.1) is 58.9 Å². The highest BCUT2D eigenvalue weighted by molar-refractivity contribution is 5.96. The van der Waals surface area contributed by atoms with Gasteiger partial charge in [0.1, 0.15) is 12.4 Å². The molecule has 0 saturated heterocycles. The molecule has 2 heterocycles. The molecule has 0 aliphatic carbocycles. The van der Waals surface area contributed by atoms with Crippen LogP contribution in [0.1, 0.15) is 15.9 Å². The molecule has 0 radical (unpaired) electrons. The summed E-state index contributed by atoms with van der Waals surface area (Å²) >= 11 is 0. The lowest BCUT2D eigenvalue weighted by atomic mass is 10.1. The molecule has 1 amide bonds. The van der Waals surface area contributed by atoms with E-state index in [2.05, 4.69) is 41.7 Å². The minimum Gasteiger partial charge on any atom is -0.494 e. The van der Waals surface area contributed by atoms with Gasteiger partial charge in [0.2, 0.25) is 5.82 Å². The molecule has 4 rings (SSSR count). The number of imidazole rings is 1. The standard InChI is InChI=1S/C28H31F3N6O3/c1-17-14-18(15-20(29)23(17)28(38)33-9-12-40-13-11-37(2,3)4)35-26-27-34-16-21(36(27)10-8-32-26)19-6-7-22(39-5)25(31)24(19)30/h6-8,10,14-16H,9,11-13H2,1-5H3,(H-,32,33,35,38)/p+1. The first kappa shape index (κ1) is 28.8. The molecule has 9 nitrogen and oxygen atoms in total. The van der Waals surface area contributed by atoms with Crippen molar-refractivity contribution in [3.63, 3.8) is 0 Å². The Morgan fingerprint density at radius 3 is 2.55 bits per heavy atom. The molecule has 0 unspecified atom stereocenters. The first-order valence-electron chi connectivity index (χ1n) is 12.6. The van der Waals surface area contributed by atoms with E-state index in [1.54, 1.807) is 19.2 Å². The molecule has 12 heteroatoms. The van der Waals surface area contributed by atoms with Gasteiger partial charge in [-0.1, -0.05) is 0 Å². The van der Waals surface area contributed by atoms with Gasteiger partial charge in [-0.3, -0.25) is 9.20 Å². The van der Waals surface area contributed by atoms with E-state index in [-0.39, 0.29) is 34.9 Å². The zero-order valence-electron chi connectivity index (χ0n) is 23.0. The Labute approximate surface area is 230 Å². The number of nitrogens with zero attached hydrogens (tertiary/aromatic N) is 4. The number of nitrogens with one attached hydrogen (secondary N) is 2. The van der Waals surface area contributed by atoms with Crippen LogP contribution in [0.4, 0.5) is 24.7 Å². The summed E-state index contributed by atoms with van der Waals surface area (Å²) < 4.78 is 56.8. The lowest BCUT2D eigenvalue weighted by Gasteiger charge is -2.23. The number of aryl methyl sites for hydroxylation is 1. The molecule has 2 N–H and O–H groups in total. The zero-order chi connectivity index (χ0) is 29.0. The zero-order valence-corrected chi connectivity index (χ0v) is 23.0. The summed E-state index contributed by atoms with van der Waals surface area (Å²) in [6, 6.07) is 5.53. The lowest BCUT2D eigenvalue weighted by molar-refractivity contribution is -0.870. The van der Waals surface area contributed by atoms with E-state index in [0.717, 1.165) is 11.0 Å². The van der Waals surface area contributed by atoms with Gasteiger partial charge in [-0.25, -0.2) is 18.7 Å². The number of hydrogen-bond acceptors (Lipinski definition) is 6. The van der Waals surface area contributed by atoms with Crippen molar-refractivity contribution in [2.24, 2.45) is 0 Å². The van der Waals surface area contributed by atoms with Crippen LogP contribution in [-0.4, -0.2) is 79.3 Å². The van der Waals surface area contributed by atoms with Crippen LogP contribution in [0.5, 0.6) is 5.75 Å². The third-order valence-corrected chi connectivity index (χ3v) is 6.19. The van der Waals surface area contributed by atoms with Crippen molar-refractivity contribution in [2.45, 2.75) is 6.92 Å². The van der Waals surface area contributed by atoms with Gasteiger partial charge in [-0.15, -0.1) is 0 Å². The van der Waals surface area contributed by atoms with Gasteiger partial charge in [0, 0.05) is 30.2 Å². The fourth-order valence-corrected chi connectivity index (χ4v) is 4.10. The van der Waals surface area contributed by atoms with Crippen LogP contribution in [0.25, 0.3) is 16.9 Å². The number of carbonyl (C=O) groups excluding carboxylic acids is 1. The quantitative estimate of drug-likeness (QED) is 0.211. The number of amides is 1. The number of quaternary nitrogens is 1.